The fourth-order valence-electron chi connectivity index (χ4n) is 2.55. The molecule has 9 heteroatoms. The van der Waals surface area contributed by atoms with Gasteiger partial charge in [-0.05, 0) is 23.8 Å². The summed E-state index contributed by atoms with van der Waals surface area (Å²) in [6, 6.07) is 14.5. The summed E-state index contributed by atoms with van der Waals surface area (Å²) in [4.78, 5) is 27.1. The van der Waals surface area contributed by atoms with Crippen LogP contribution in [0.25, 0.3) is 5.65 Å². The Morgan fingerprint density at radius 1 is 1.26 bits per heavy atom. The molecular formula is C18H15N5O3S. The number of hydrogen-bond acceptors (Lipinski definition) is 7. The van der Waals surface area contributed by atoms with Crippen molar-refractivity contribution in [2.75, 3.05) is 17.6 Å². The molecule has 0 spiro atoms. The van der Waals surface area contributed by atoms with E-state index in [0.29, 0.717) is 29.3 Å². The highest BCUT2D eigenvalue weighted by atomic mass is 32.2. The molecule has 0 atom stereocenters. The number of hydrogen-bond donors (Lipinski definition) is 1. The maximum atomic E-state index is 12.3. The van der Waals surface area contributed by atoms with Gasteiger partial charge in [0.25, 0.3) is 0 Å². The number of rotatable bonds is 7. The van der Waals surface area contributed by atoms with Crippen LogP contribution in [0.5, 0.6) is 0 Å². The largest absolute Gasteiger partial charge is 0.376 e. The summed E-state index contributed by atoms with van der Waals surface area (Å²) in [6.07, 6.45) is 1.45. The molecule has 1 aromatic carbocycles. The summed E-state index contributed by atoms with van der Waals surface area (Å²) in [7, 11) is 0. The molecule has 0 bridgehead atoms. The number of fused-ring (bicyclic) bond motifs is 1. The Morgan fingerprint density at radius 2 is 2.04 bits per heavy atom. The van der Waals surface area contributed by atoms with Gasteiger partial charge in [0, 0.05) is 24.2 Å². The number of aromatic nitrogens is 2. The summed E-state index contributed by atoms with van der Waals surface area (Å²) in [5.41, 5.74) is 0.629. The van der Waals surface area contributed by atoms with Crippen LogP contribution in [0.2, 0.25) is 0 Å². The van der Waals surface area contributed by atoms with E-state index in [2.05, 4.69) is 16.4 Å². The van der Waals surface area contributed by atoms with E-state index >= 15 is 0 Å². The lowest BCUT2D eigenvalue weighted by Crippen LogP contribution is -2.21. The average Bonchev–Trinajstić information content (AvgIpc) is 2.68. The molecule has 2 aromatic heterocycles. The van der Waals surface area contributed by atoms with Crippen LogP contribution in [-0.2, 0) is 5.75 Å². The van der Waals surface area contributed by atoms with Crippen LogP contribution < -0.4 is 10.9 Å². The number of nitrogens with zero attached hydrogens (tertiary/aromatic N) is 4. The van der Waals surface area contributed by atoms with Gasteiger partial charge in [-0.15, -0.1) is 0 Å². The lowest BCUT2D eigenvalue weighted by Gasteiger charge is -2.08. The van der Waals surface area contributed by atoms with Gasteiger partial charge < -0.3 is 5.32 Å². The molecule has 27 heavy (non-hydrogen) atoms. The van der Waals surface area contributed by atoms with Crippen molar-refractivity contribution in [3.8, 4) is 6.07 Å². The molecule has 0 aliphatic rings. The lowest BCUT2D eigenvalue weighted by molar-refractivity contribution is -0.385. The molecule has 0 unspecified atom stereocenters. The van der Waals surface area contributed by atoms with Crippen molar-refractivity contribution in [2.45, 2.75) is 5.75 Å². The van der Waals surface area contributed by atoms with Gasteiger partial charge >= 0.3 is 11.2 Å². The summed E-state index contributed by atoms with van der Waals surface area (Å²) in [5, 5.41) is 23.3. The molecule has 0 radical (unpaired) electrons. The quantitative estimate of drug-likeness (QED) is 0.380. The number of nitro groups is 1. The van der Waals surface area contributed by atoms with E-state index in [-0.39, 0.29) is 5.82 Å². The van der Waals surface area contributed by atoms with Crippen LogP contribution in [0.4, 0.5) is 11.5 Å². The molecular weight excluding hydrogens is 366 g/mol. The molecule has 2 heterocycles. The van der Waals surface area contributed by atoms with Crippen LogP contribution in [0, 0.1) is 21.4 Å². The predicted octanol–water partition coefficient (Wildman–Crippen LogP) is 2.82. The topological polar surface area (TPSA) is 113 Å². The number of anilines is 1. The van der Waals surface area contributed by atoms with Gasteiger partial charge in [-0.2, -0.15) is 17.0 Å². The molecule has 0 aliphatic carbocycles. The SMILES string of the molecule is N#Cc1ccccc1CSCCNc1nc2ccccn2c(=O)c1[N+](=O)[O-]. The minimum atomic E-state index is -0.719. The molecule has 0 fully saturated rings. The number of benzene rings is 1. The number of nitrogens with one attached hydrogen (secondary N) is 1. The van der Waals surface area contributed by atoms with Gasteiger partial charge in [0.05, 0.1) is 16.6 Å². The minimum Gasteiger partial charge on any atom is -0.363 e. The Hall–Kier alpha value is -3.38. The molecule has 1 N–H and O–H groups in total. The number of nitriles is 1. The molecule has 0 saturated heterocycles. The maximum absolute atomic E-state index is 12.3. The van der Waals surface area contributed by atoms with Crippen LogP contribution in [-0.4, -0.2) is 26.6 Å². The van der Waals surface area contributed by atoms with Crippen molar-refractivity contribution in [2.24, 2.45) is 0 Å². The van der Waals surface area contributed by atoms with Crippen molar-refractivity contribution >= 4 is 28.9 Å². The molecule has 136 valence electrons. The van der Waals surface area contributed by atoms with E-state index < -0.39 is 16.2 Å². The average molecular weight is 381 g/mol. The molecule has 0 amide bonds. The van der Waals surface area contributed by atoms with E-state index in [4.69, 9.17) is 5.26 Å². The second kappa shape index (κ2) is 8.33. The molecule has 3 aromatic rings. The maximum Gasteiger partial charge on any atom is 0.376 e. The molecule has 0 saturated carbocycles. The van der Waals surface area contributed by atoms with Crippen LogP contribution in [0.15, 0.2) is 53.5 Å². The van der Waals surface area contributed by atoms with Gasteiger partial charge in [-0.3, -0.25) is 19.3 Å². The van der Waals surface area contributed by atoms with Crippen molar-refractivity contribution < 1.29 is 4.92 Å². The van der Waals surface area contributed by atoms with E-state index in [1.54, 1.807) is 36.0 Å². The molecule has 3 rings (SSSR count). The fourth-order valence-corrected chi connectivity index (χ4v) is 3.41. The van der Waals surface area contributed by atoms with Crippen molar-refractivity contribution in [1.29, 1.82) is 5.26 Å². The van der Waals surface area contributed by atoms with E-state index in [1.807, 2.05) is 18.2 Å². The third kappa shape index (κ3) is 4.07. The summed E-state index contributed by atoms with van der Waals surface area (Å²) < 4.78 is 1.15. The molecule has 0 aliphatic heterocycles. The second-order valence-electron chi connectivity index (χ2n) is 5.55. The van der Waals surface area contributed by atoms with Gasteiger partial charge in [-0.25, -0.2) is 4.98 Å². The predicted molar refractivity (Wildman–Crippen MR) is 104 cm³/mol. The highest BCUT2D eigenvalue weighted by Crippen LogP contribution is 2.19. The lowest BCUT2D eigenvalue weighted by atomic mass is 10.1. The van der Waals surface area contributed by atoms with E-state index in [9.17, 15) is 14.9 Å². The normalized spacial score (nSPS) is 10.5. The van der Waals surface area contributed by atoms with Crippen molar-refractivity contribution in [1.82, 2.24) is 9.38 Å². The first-order chi connectivity index (χ1) is 13.1. The van der Waals surface area contributed by atoms with Crippen molar-refractivity contribution in [3.05, 3.63) is 80.3 Å². The van der Waals surface area contributed by atoms with Gasteiger partial charge in [-0.1, -0.05) is 24.3 Å². The van der Waals surface area contributed by atoms with Gasteiger partial charge in [0.2, 0.25) is 5.82 Å². The Kier molecular flexibility index (Phi) is 5.68. The summed E-state index contributed by atoms with van der Waals surface area (Å²) >= 11 is 1.58. The first-order valence-corrected chi connectivity index (χ1v) is 9.22. The first-order valence-electron chi connectivity index (χ1n) is 8.07. The summed E-state index contributed by atoms with van der Waals surface area (Å²) in [5.74, 6) is 1.25. The van der Waals surface area contributed by atoms with E-state index in [1.165, 1.54) is 6.20 Å². The standard InChI is InChI=1S/C18H15N5O3S/c19-11-13-5-1-2-6-14(13)12-27-10-8-20-17-16(23(25)26)18(24)22-9-4-3-7-15(22)21-17/h1-7,9,20H,8,10,12H2. The fraction of sp³-hybridized carbons (Fsp3) is 0.167. The first kappa shape index (κ1) is 18.4. The Labute approximate surface area is 158 Å². The van der Waals surface area contributed by atoms with Gasteiger partial charge in [0.15, 0.2) is 0 Å². The zero-order valence-electron chi connectivity index (χ0n) is 14.2. The third-order valence-corrected chi connectivity index (χ3v) is 4.84. The second-order valence-corrected chi connectivity index (χ2v) is 6.65. The smallest absolute Gasteiger partial charge is 0.363 e. The number of pyridine rings is 1. The summed E-state index contributed by atoms with van der Waals surface area (Å²) in [6.45, 7) is 0.398. The Balaban J connectivity index is 1.68. The molecule has 8 nitrogen and oxygen atoms in total. The van der Waals surface area contributed by atoms with Gasteiger partial charge in [0.1, 0.15) is 5.65 Å². The monoisotopic (exact) mass is 381 g/mol. The van der Waals surface area contributed by atoms with E-state index in [0.717, 1.165) is 9.96 Å². The third-order valence-electron chi connectivity index (χ3n) is 3.83. The zero-order chi connectivity index (χ0) is 19.2. The zero-order valence-corrected chi connectivity index (χ0v) is 15.0. The Bertz CT molecular complexity index is 1090. The highest BCUT2D eigenvalue weighted by molar-refractivity contribution is 7.98. The number of thioether (sulfide) groups is 1. The van der Waals surface area contributed by atoms with Crippen LogP contribution >= 0.6 is 11.8 Å². The van der Waals surface area contributed by atoms with Crippen LogP contribution in [0.3, 0.4) is 0 Å². The van der Waals surface area contributed by atoms with Crippen molar-refractivity contribution in [3.63, 3.8) is 0 Å². The Morgan fingerprint density at radius 3 is 2.81 bits per heavy atom. The minimum absolute atomic E-state index is 0.0331. The van der Waals surface area contributed by atoms with Crippen LogP contribution in [0.1, 0.15) is 11.1 Å². The highest BCUT2D eigenvalue weighted by Gasteiger charge is 2.23.